The molecule has 1 aromatic carbocycles. The molecule has 23 heavy (non-hydrogen) atoms. The number of carbonyl (C=O) groups excluding carboxylic acids is 2. The fraction of sp³-hybridized carbons (Fsp3) is 0.474. The number of aromatic amines is 1. The highest BCUT2D eigenvalue weighted by Crippen LogP contribution is 2.27. The average molecular weight is 315 g/mol. The molecule has 4 heteroatoms. The molecule has 0 saturated carbocycles. The molecule has 4 nitrogen and oxygen atoms in total. The molecular weight excluding hydrogens is 290 g/mol. The number of hydrogen-bond donors (Lipinski definition) is 1. The number of esters is 1. The lowest BCUT2D eigenvalue weighted by Gasteiger charge is -2.06. The van der Waals surface area contributed by atoms with Crippen molar-refractivity contribution in [1.82, 2.24) is 4.98 Å². The zero-order chi connectivity index (χ0) is 17.0. The van der Waals surface area contributed by atoms with Crippen molar-refractivity contribution in [3.63, 3.8) is 0 Å². The smallest absolute Gasteiger partial charge is 0.310 e. The van der Waals surface area contributed by atoms with Gasteiger partial charge in [0.2, 0.25) is 0 Å². The second-order valence-electron chi connectivity index (χ2n) is 6.11. The zero-order valence-electron chi connectivity index (χ0n) is 14.4. The number of hydrogen-bond acceptors (Lipinski definition) is 3. The molecule has 0 atom stereocenters. The number of rotatable bonds is 7. The number of fused-ring (bicyclic) bond motifs is 1. The summed E-state index contributed by atoms with van der Waals surface area (Å²) in [5, 5.41) is 0.944. The lowest BCUT2D eigenvalue weighted by atomic mass is 9.96. The van der Waals surface area contributed by atoms with Gasteiger partial charge in [-0.05, 0) is 25.0 Å². The summed E-state index contributed by atoms with van der Waals surface area (Å²) in [5.41, 5.74) is 3.61. The van der Waals surface area contributed by atoms with E-state index in [-0.39, 0.29) is 24.1 Å². The SMILES string of the molecule is CCCc1[nH]c2cc(CC(=O)OCC)ccc2c1C(=O)C(C)C. The van der Waals surface area contributed by atoms with Gasteiger partial charge >= 0.3 is 5.97 Å². The van der Waals surface area contributed by atoms with E-state index in [2.05, 4.69) is 11.9 Å². The first-order chi connectivity index (χ1) is 11.0. The van der Waals surface area contributed by atoms with Crippen LogP contribution in [0.25, 0.3) is 10.9 Å². The third-order valence-corrected chi connectivity index (χ3v) is 3.87. The molecule has 124 valence electrons. The van der Waals surface area contributed by atoms with Gasteiger partial charge in [0, 0.05) is 28.1 Å². The van der Waals surface area contributed by atoms with Gasteiger partial charge in [0.15, 0.2) is 5.78 Å². The summed E-state index contributed by atoms with van der Waals surface area (Å²) < 4.78 is 4.99. The van der Waals surface area contributed by atoms with Crippen LogP contribution in [0.5, 0.6) is 0 Å². The Morgan fingerprint density at radius 1 is 1.22 bits per heavy atom. The molecule has 0 bridgehead atoms. The zero-order valence-corrected chi connectivity index (χ0v) is 14.4. The quantitative estimate of drug-likeness (QED) is 0.619. The van der Waals surface area contributed by atoms with E-state index in [0.717, 1.165) is 40.6 Å². The van der Waals surface area contributed by atoms with Crippen LogP contribution in [0.3, 0.4) is 0 Å². The van der Waals surface area contributed by atoms with Crippen LogP contribution in [-0.4, -0.2) is 23.3 Å². The standard InChI is InChI=1S/C19H25NO3/c1-5-7-15-18(19(22)12(3)4)14-9-8-13(10-16(14)20-15)11-17(21)23-6-2/h8-10,12,20H,5-7,11H2,1-4H3. The van der Waals surface area contributed by atoms with E-state index in [1.807, 2.05) is 32.0 Å². The number of carbonyl (C=O) groups is 2. The van der Waals surface area contributed by atoms with E-state index in [9.17, 15) is 9.59 Å². The first-order valence-electron chi connectivity index (χ1n) is 8.31. The summed E-state index contributed by atoms with van der Waals surface area (Å²) >= 11 is 0. The van der Waals surface area contributed by atoms with Crippen LogP contribution in [0.15, 0.2) is 18.2 Å². The van der Waals surface area contributed by atoms with Crippen molar-refractivity contribution in [2.24, 2.45) is 5.92 Å². The second kappa shape index (κ2) is 7.44. The summed E-state index contributed by atoms with van der Waals surface area (Å²) in [7, 11) is 0. The van der Waals surface area contributed by atoms with Crippen molar-refractivity contribution >= 4 is 22.7 Å². The van der Waals surface area contributed by atoms with Crippen molar-refractivity contribution in [2.45, 2.75) is 47.0 Å². The Morgan fingerprint density at radius 2 is 1.96 bits per heavy atom. The lowest BCUT2D eigenvalue weighted by molar-refractivity contribution is -0.142. The van der Waals surface area contributed by atoms with E-state index in [0.29, 0.717) is 6.61 Å². The molecule has 2 rings (SSSR count). The maximum Gasteiger partial charge on any atom is 0.310 e. The fourth-order valence-corrected chi connectivity index (χ4v) is 2.80. The van der Waals surface area contributed by atoms with Crippen LogP contribution in [-0.2, 0) is 22.4 Å². The minimum absolute atomic E-state index is 0.0381. The molecule has 0 spiro atoms. The Morgan fingerprint density at radius 3 is 2.57 bits per heavy atom. The van der Waals surface area contributed by atoms with Crippen LogP contribution < -0.4 is 0 Å². The van der Waals surface area contributed by atoms with Gasteiger partial charge in [-0.25, -0.2) is 0 Å². The molecule has 0 aliphatic rings. The Hall–Kier alpha value is -2.10. The third kappa shape index (κ3) is 3.81. The number of aryl methyl sites for hydroxylation is 1. The van der Waals surface area contributed by atoms with Gasteiger partial charge in [-0.1, -0.05) is 39.3 Å². The number of ketones is 1. The summed E-state index contributed by atoms with van der Waals surface area (Å²) in [6.07, 6.45) is 2.07. The summed E-state index contributed by atoms with van der Waals surface area (Å²) in [6.45, 7) is 8.13. The van der Waals surface area contributed by atoms with Gasteiger partial charge in [0.05, 0.1) is 13.0 Å². The number of nitrogens with one attached hydrogen (secondary N) is 1. The minimum Gasteiger partial charge on any atom is -0.466 e. The molecule has 0 saturated heterocycles. The first-order valence-corrected chi connectivity index (χ1v) is 8.31. The van der Waals surface area contributed by atoms with Crippen molar-refractivity contribution in [1.29, 1.82) is 0 Å². The highest BCUT2D eigenvalue weighted by molar-refractivity contribution is 6.10. The van der Waals surface area contributed by atoms with Gasteiger partial charge in [0.25, 0.3) is 0 Å². The molecule has 1 aromatic heterocycles. The Balaban J connectivity index is 2.44. The first kappa shape index (κ1) is 17.3. The topological polar surface area (TPSA) is 59.2 Å². The van der Waals surface area contributed by atoms with Crippen LogP contribution >= 0.6 is 0 Å². The number of Topliss-reactive ketones (excluding diaryl/α,β-unsaturated/α-hetero) is 1. The molecule has 0 fully saturated rings. The summed E-state index contributed by atoms with van der Waals surface area (Å²) in [6, 6.07) is 5.79. The van der Waals surface area contributed by atoms with Gasteiger partial charge in [0.1, 0.15) is 0 Å². The molecule has 0 radical (unpaired) electrons. The van der Waals surface area contributed by atoms with Crippen molar-refractivity contribution in [3.05, 3.63) is 35.0 Å². The van der Waals surface area contributed by atoms with Crippen molar-refractivity contribution in [2.75, 3.05) is 6.61 Å². The Kier molecular flexibility index (Phi) is 5.59. The fourth-order valence-electron chi connectivity index (χ4n) is 2.80. The van der Waals surface area contributed by atoms with Gasteiger partial charge in [-0.2, -0.15) is 0 Å². The molecule has 0 amide bonds. The minimum atomic E-state index is -0.231. The Bertz CT molecular complexity index is 713. The van der Waals surface area contributed by atoms with Gasteiger partial charge in [-0.15, -0.1) is 0 Å². The van der Waals surface area contributed by atoms with E-state index < -0.39 is 0 Å². The molecule has 2 aromatic rings. The van der Waals surface area contributed by atoms with Crippen LogP contribution in [0.2, 0.25) is 0 Å². The van der Waals surface area contributed by atoms with Crippen LogP contribution in [0, 0.1) is 5.92 Å². The monoisotopic (exact) mass is 315 g/mol. The number of aromatic nitrogens is 1. The molecule has 1 N–H and O–H groups in total. The predicted molar refractivity (Wildman–Crippen MR) is 91.8 cm³/mol. The maximum absolute atomic E-state index is 12.6. The van der Waals surface area contributed by atoms with E-state index in [4.69, 9.17) is 4.74 Å². The van der Waals surface area contributed by atoms with Crippen molar-refractivity contribution in [3.8, 4) is 0 Å². The van der Waals surface area contributed by atoms with Crippen LogP contribution in [0.1, 0.15) is 55.7 Å². The molecule has 0 unspecified atom stereocenters. The average Bonchev–Trinajstić information content (AvgIpc) is 2.84. The third-order valence-electron chi connectivity index (χ3n) is 3.87. The Labute approximate surface area is 137 Å². The van der Waals surface area contributed by atoms with Crippen molar-refractivity contribution < 1.29 is 14.3 Å². The predicted octanol–water partition coefficient (Wildman–Crippen LogP) is 4.06. The molecular formula is C19H25NO3. The molecule has 0 aliphatic carbocycles. The second-order valence-corrected chi connectivity index (χ2v) is 6.11. The molecule has 1 heterocycles. The highest BCUT2D eigenvalue weighted by Gasteiger charge is 2.20. The lowest BCUT2D eigenvalue weighted by Crippen LogP contribution is -2.09. The van der Waals surface area contributed by atoms with Gasteiger partial charge in [-0.3, -0.25) is 9.59 Å². The normalized spacial score (nSPS) is 11.2. The number of H-pyrrole nitrogens is 1. The van der Waals surface area contributed by atoms with Crippen LogP contribution in [0.4, 0.5) is 0 Å². The highest BCUT2D eigenvalue weighted by atomic mass is 16.5. The largest absolute Gasteiger partial charge is 0.466 e. The van der Waals surface area contributed by atoms with E-state index >= 15 is 0 Å². The number of ether oxygens (including phenoxy) is 1. The summed E-state index contributed by atoms with van der Waals surface area (Å²) in [4.78, 5) is 27.6. The molecule has 0 aliphatic heterocycles. The van der Waals surface area contributed by atoms with Gasteiger partial charge < -0.3 is 9.72 Å². The van der Waals surface area contributed by atoms with E-state index in [1.54, 1.807) is 6.92 Å². The maximum atomic E-state index is 12.6. The number of benzene rings is 1. The van der Waals surface area contributed by atoms with E-state index in [1.165, 1.54) is 0 Å². The summed E-state index contributed by atoms with van der Waals surface area (Å²) in [5.74, 6) is -0.104.